The lowest BCUT2D eigenvalue weighted by molar-refractivity contribution is 0.470. The molecule has 5 nitrogen and oxygen atoms in total. The normalized spacial score (nSPS) is 10.9. The van der Waals surface area contributed by atoms with Crippen LogP contribution in [0.15, 0.2) is 16.7 Å². The maximum atomic E-state index is 5.59. The molecule has 2 aromatic rings. The fourth-order valence-corrected chi connectivity index (χ4v) is 1.53. The highest BCUT2D eigenvalue weighted by molar-refractivity contribution is 5.16. The molecule has 0 unspecified atom stereocenters. The highest BCUT2D eigenvalue weighted by atomic mass is 16.3. The van der Waals surface area contributed by atoms with Gasteiger partial charge >= 0.3 is 0 Å². The quantitative estimate of drug-likeness (QED) is 0.813. The lowest BCUT2D eigenvalue weighted by Gasteiger charge is -2.01. The molecule has 2 heterocycles. The maximum absolute atomic E-state index is 5.59. The Morgan fingerprint density at radius 1 is 1.47 bits per heavy atom. The Bertz CT molecular complexity index is 458. The second-order valence-corrected chi connectivity index (χ2v) is 3.44. The first-order chi connectivity index (χ1) is 7.20. The average molecular weight is 206 g/mol. The van der Waals surface area contributed by atoms with Gasteiger partial charge in [-0.25, -0.2) is 9.67 Å². The highest BCUT2D eigenvalue weighted by Crippen LogP contribution is 2.11. The molecular weight excluding hydrogens is 192 g/mol. The van der Waals surface area contributed by atoms with Gasteiger partial charge in [0, 0.05) is 12.1 Å². The molecule has 0 saturated heterocycles. The van der Waals surface area contributed by atoms with E-state index in [1.54, 1.807) is 6.26 Å². The Morgan fingerprint density at radius 2 is 2.27 bits per heavy atom. The van der Waals surface area contributed by atoms with Crippen molar-refractivity contribution in [2.75, 3.05) is 0 Å². The van der Waals surface area contributed by atoms with Gasteiger partial charge < -0.3 is 10.2 Å². The summed E-state index contributed by atoms with van der Waals surface area (Å²) in [6, 6.07) is 1.88. The molecule has 0 aliphatic carbocycles. The largest absolute Gasteiger partial charge is 0.467 e. The van der Waals surface area contributed by atoms with Crippen LogP contribution in [0, 0.1) is 13.8 Å². The lowest BCUT2D eigenvalue weighted by atomic mass is 10.2. The zero-order valence-electron chi connectivity index (χ0n) is 8.90. The molecule has 0 aliphatic rings. The number of nitrogens with two attached hydrogens (primary N) is 1. The number of hydrogen-bond donors (Lipinski definition) is 1. The van der Waals surface area contributed by atoms with Gasteiger partial charge in [-0.3, -0.25) is 0 Å². The molecule has 0 radical (unpaired) electrons. The summed E-state index contributed by atoms with van der Waals surface area (Å²) in [4.78, 5) is 4.23. The van der Waals surface area contributed by atoms with Gasteiger partial charge in [-0.2, -0.15) is 5.10 Å². The van der Waals surface area contributed by atoms with Crippen LogP contribution in [0.5, 0.6) is 0 Å². The summed E-state index contributed by atoms with van der Waals surface area (Å²) in [5.74, 6) is 2.51. The number of aromatic nitrogens is 3. The molecule has 0 atom stereocenters. The third kappa shape index (κ3) is 1.92. The van der Waals surface area contributed by atoms with Crippen molar-refractivity contribution < 1.29 is 4.42 Å². The molecule has 2 N–H and O–H groups in total. The van der Waals surface area contributed by atoms with Crippen LogP contribution in [-0.4, -0.2) is 14.8 Å². The lowest BCUT2D eigenvalue weighted by Crippen LogP contribution is -2.07. The van der Waals surface area contributed by atoms with E-state index >= 15 is 0 Å². The van der Waals surface area contributed by atoms with Crippen molar-refractivity contribution in [2.24, 2.45) is 5.73 Å². The van der Waals surface area contributed by atoms with Crippen molar-refractivity contribution in [3.63, 3.8) is 0 Å². The summed E-state index contributed by atoms with van der Waals surface area (Å²) in [5.41, 5.74) is 6.60. The van der Waals surface area contributed by atoms with Gasteiger partial charge in [-0.1, -0.05) is 0 Å². The van der Waals surface area contributed by atoms with Crippen LogP contribution in [-0.2, 0) is 13.1 Å². The Labute approximate surface area is 87.9 Å². The van der Waals surface area contributed by atoms with E-state index in [0.29, 0.717) is 13.1 Å². The van der Waals surface area contributed by atoms with Crippen molar-refractivity contribution in [3.8, 4) is 0 Å². The number of nitrogens with zero attached hydrogens (tertiary/aromatic N) is 3. The van der Waals surface area contributed by atoms with E-state index in [-0.39, 0.29) is 0 Å². The first kappa shape index (κ1) is 9.92. The van der Waals surface area contributed by atoms with Gasteiger partial charge in [0.2, 0.25) is 0 Å². The Hall–Kier alpha value is -1.62. The SMILES string of the molecule is Cc1nc(C)n(Cc2occc2CN)n1. The fourth-order valence-electron chi connectivity index (χ4n) is 1.53. The molecule has 0 fully saturated rings. The fraction of sp³-hybridized carbons (Fsp3) is 0.400. The van der Waals surface area contributed by atoms with Crippen LogP contribution in [0.2, 0.25) is 0 Å². The predicted octanol–water partition coefficient (Wildman–Crippen LogP) is 0.995. The van der Waals surface area contributed by atoms with Crippen LogP contribution in [0.25, 0.3) is 0 Å². The Balaban J connectivity index is 2.25. The summed E-state index contributed by atoms with van der Waals surface area (Å²) in [6.45, 7) is 4.87. The van der Waals surface area contributed by atoms with Crippen LogP contribution < -0.4 is 5.73 Å². The van der Waals surface area contributed by atoms with Crippen molar-refractivity contribution >= 4 is 0 Å². The minimum Gasteiger partial charge on any atom is -0.467 e. The third-order valence-electron chi connectivity index (χ3n) is 2.31. The molecule has 0 aromatic carbocycles. The summed E-state index contributed by atoms with van der Waals surface area (Å²) in [7, 11) is 0. The summed E-state index contributed by atoms with van der Waals surface area (Å²) >= 11 is 0. The Kier molecular flexibility index (Phi) is 2.55. The molecule has 2 rings (SSSR count). The zero-order chi connectivity index (χ0) is 10.8. The van der Waals surface area contributed by atoms with Gasteiger partial charge in [0.15, 0.2) is 0 Å². The van der Waals surface area contributed by atoms with E-state index < -0.39 is 0 Å². The molecule has 80 valence electrons. The van der Waals surface area contributed by atoms with Crippen LogP contribution >= 0.6 is 0 Å². The maximum Gasteiger partial charge on any atom is 0.147 e. The van der Waals surface area contributed by atoms with Gasteiger partial charge in [0.05, 0.1) is 6.26 Å². The van der Waals surface area contributed by atoms with E-state index in [2.05, 4.69) is 10.1 Å². The average Bonchev–Trinajstić information content (AvgIpc) is 2.74. The highest BCUT2D eigenvalue weighted by Gasteiger charge is 2.08. The van der Waals surface area contributed by atoms with E-state index in [1.165, 1.54) is 0 Å². The van der Waals surface area contributed by atoms with Crippen molar-refractivity contribution in [3.05, 3.63) is 35.3 Å². The van der Waals surface area contributed by atoms with Gasteiger partial charge in [-0.15, -0.1) is 0 Å². The van der Waals surface area contributed by atoms with Crippen molar-refractivity contribution in [1.29, 1.82) is 0 Å². The molecule has 0 aliphatic heterocycles. The third-order valence-corrected chi connectivity index (χ3v) is 2.31. The first-order valence-corrected chi connectivity index (χ1v) is 4.84. The molecule has 15 heavy (non-hydrogen) atoms. The molecule has 2 aromatic heterocycles. The number of furan rings is 1. The summed E-state index contributed by atoms with van der Waals surface area (Å²) < 4.78 is 7.17. The monoisotopic (exact) mass is 206 g/mol. The minimum absolute atomic E-state index is 0.485. The predicted molar refractivity (Wildman–Crippen MR) is 55.2 cm³/mol. The van der Waals surface area contributed by atoms with Crippen molar-refractivity contribution in [2.45, 2.75) is 26.9 Å². The summed E-state index contributed by atoms with van der Waals surface area (Å²) in [5, 5.41) is 4.27. The molecule has 0 amide bonds. The minimum atomic E-state index is 0.485. The standard InChI is InChI=1S/C10H14N4O/c1-7-12-8(2)14(13-7)6-10-9(5-11)3-4-15-10/h3-4H,5-6,11H2,1-2H3. The number of rotatable bonds is 3. The second kappa shape index (κ2) is 3.86. The first-order valence-electron chi connectivity index (χ1n) is 4.84. The smallest absolute Gasteiger partial charge is 0.147 e. The number of aryl methyl sites for hydroxylation is 2. The van der Waals surface area contributed by atoms with E-state index in [9.17, 15) is 0 Å². The zero-order valence-corrected chi connectivity index (χ0v) is 8.90. The van der Waals surface area contributed by atoms with Gasteiger partial charge in [0.25, 0.3) is 0 Å². The van der Waals surface area contributed by atoms with E-state index in [4.69, 9.17) is 10.2 Å². The Morgan fingerprint density at radius 3 is 2.87 bits per heavy atom. The second-order valence-electron chi connectivity index (χ2n) is 3.44. The molecule has 0 bridgehead atoms. The van der Waals surface area contributed by atoms with Crippen LogP contribution in [0.1, 0.15) is 23.0 Å². The van der Waals surface area contributed by atoms with Gasteiger partial charge in [0.1, 0.15) is 24.0 Å². The van der Waals surface area contributed by atoms with Crippen LogP contribution in [0.4, 0.5) is 0 Å². The van der Waals surface area contributed by atoms with E-state index in [1.807, 2.05) is 24.6 Å². The van der Waals surface area contributed by atoms with Gasteiger partial charge in [-0.05, 0) is 19.9 Å². The molecule has 0 saturated carbocycles. The van der Waals surface area contributed by atoms with Crippen molar-refractivity contribution in [1.82, 2.24) is 14.8 Å². The topological polar surface area (TPSA) is 69.9 Å². The molecule has 5 heteroatoms. The molecule has 0 spiro atoms. The van der Waals surface area contributed by atoms with Crippen LogP contribution in [0.3, 0.4) is 0 Å². The molecular formula is C10H14N4O. The summed E-state index contributed by atoms with van der Waals surface area (Å²) in [6.07, 6.45) is 1.65. The van der Waals surface area contributed by atoms with E-state index in [0.717, 1.165) is 23.0 Å². The number of hydrogen-bond acceptors (Lipinski definition) is 4.